The molecule has 0 aromatic heterocycles. The van der Waals surface area contributed by atoms with Crippen molar-refractivity contribution in [1.82, 2.24) is 15.5 Å². The van der Waals surface area contributed by atoms with Crippen LogP contribution in [0, 0.1) is 5.92 Å². The second-order valence-corrected chi connectivity index (χ2v) is 6.99. The molecule has 0 radical (unpaired) electrons. The van der Waals surface area contributed by atoms with Gasteiger partial charge in [0.2, 0.25) is 0 Å². The summed E-state index contributed by atoms with van der Waals surface area (Å²) in [6.07, 6.45) is 1.13. The molecule has 158 valence electrons. The van der Waals surface area contributed by atoms with Gasteiger partial charge in [-0.15, -0.1) is 24.0 Å². The minimum atomic E-state index is 0. The molecule has 0 saturated carbocycles. The highest BCUT2D eigenvalue weighted by Gasteiger charge is 2.31. The van der Waals surface area contributed by atoms with Gasteiger partial charge < -0.3 is 24.8 Å². The molecular formula is C20H33IN4O3. The van der Waals surface area contributed by atoms with Gasteiger partial charge in [0.1, 0.15) is 5.75 Å². The molecule has 0 amide bonds. The first-order valence-electron chi connectivity index (χ1n) is 9.77. The van der Waals surface area contributed by atoms with E-state index in [4.69, 9.17) is 14.2 Å². The fourth-order valence-electron chi connectivity index (χ4n) is 3.71. The predicted octanol–water partition coefficient (Wildman–Crippen LogP) is 1.72. The summed E-state index contributed by atoms with van der Waals surface area (Å²) in [6.45, 7) is 6.90. The SMILES string of the molecule is CN=C(NCc1ccc(OC)cc1)NCC(C1CCOC1)N1CCOCC1.I. The highest BCUT2D eigenvalue weighted by Crippen LogP contribution is 2.21. The summed E-state index contributed by atoms with van der Waals surface area (Å²) < 4.78 is 16.4. The third-order valence-electron chi connectivity index (χ3n) is 5.35. The number of ether oxygens (including phenoxy) is 3. The number of rotatable bonds is 7. The Morgan fingerprint density at radius 2 is 1.93 bits per heavy atom. The fourth-order valence-corrected chi connectivity index (χ4v) is 3.71. The van der Waals surface area contributed by atoms with Gasteiger partial charge in [-0.1, -0.05) is 12.1 Å². The number of hydrogen-bond acceptors (Lipinski definition) is 5. The number of guanidine groups is 1. The first kappa shape index (κ1) is 23.2. The average molecular weight is 504 g/mol. The van der Waals surface area contributed by atoms with E-state index in [0.29, 0.717) is 12.0 Å². The minimum Gasteiger partial charge on any atom is -0.497 e. The first-order valence-corrected chi connectivity index (χ1v) is 9.77. The Labute approximate surface area is 185 Å². The van der Waals surface area contributed by atoms with E-state index in [1.165, 1.54) is 5.56 Å². The molecule has 7 nitrogen and oxygen atoms in total. The lowest BCUT2D eigenvalue weighted by molar-refractivity contribution is 0.00246. The van der Waals surface area contributed by atoms with Crippen LogP contribution in [0.3, 0.4) is 0 Å². The summed E-state index contributed by atoms with van der Waals surface area (Å²) >= 11 is 0. The van der Waals surface area contributed by atoms with Crippen molar-refractivity contribution < 1.29 is 14.2 Å². The van der Waals surface area contributed by atoms with Crippen molar-refractivity contribution in [2.45, 2.75) is 19.0 Å². The van der Waals surface area contributed by atoms with Crippen LogP contribution in [0.4, 0.5) is 0 Å². The van der Waals surface area contributed by atoms with Crippen molar-refractivity contribution in [3.8, 4) is 5.75 Å². The number of benzene rings is 1. The van der Waals surface area contributed by atoms with Gasteiger partial charge in [-0.2, -0.15) is 0 Å². The first-order chi connectivity index (χ1) is 13.3. The van der Waals surface area contributed by atoms with Crippen LogP contribution in [-0.4, -0.2) is 77.1 Å². The fraction of sp³-hybridized carbons (Fsp3) is 0.650. The van der Waals surface area contributed by atoms with Crippen LogP contribution in [0.2, 0.25) is 0 Å². The Hall–Kier alpha value is -1.10. The van der Waals surface area contributed by atoms with Crippen molar-refractivity contribution in [3.63, 3.8) is 0 Å². The molecule has 2 saturated heterocycles. The lowest BCUT2D eigenvalue weighted by Gasteiger charge is -2.37. The number of methoxy groups -OCH3 is 1. The van der Waals surface area contributed by atoms with Crippen molar-refractivity contribution in [2.75, 3.05) is 60.2 Å². The molecule has 0 aliphatic carbocycles. The van der Waals surface area contributed by atoms with E-state index in [2.05, 4.69) is 32.7 Å². The third-order valence-corrected chi connectivity index (χ3v) is 5.35. The maximum Gasteiger partial charge on any atom is 0.191 e. The largest absolute Gasteiger partial charge is 0.497 e. The second-order valence-electron chi connectivity index (χ2n) is 6.99. The van der Waals surface area contributed by atoms with E-state index in [9.17, 15) is 0 Å². The van der Waals surface area contributed by atoms with Gasteiger partial charge in [-0.3, -0.25) is 9.89 Å². The molecule has 0 spiro atoms. The van der Waals surface area contributed by atoms with Gasteiger partial charge in [0.15, 0.2) is 5.96 Å². The molecule has 3 rings (SSSR count). The smallest absolute Gasteiger partial charge is 0.191 e. The van der Waals surface area contributed by atoms with E-state index in [1.54, 1.807) is 7.11 Å². The van der Waals surface area contributed by atoms with Gasteiger partial charge in [-0.25, -0.2) is 0 Å². The van der Waals surface area contributed by atoms with E-state index in [1.807, 2.05) is 19.2 Å². The highest BCUT2D eigenvalue weighted by atomic mass is 127. The molecule has 2 heterocycles. The van der Waals surface area contributed by atoms with E-state index in [-0.39, 0.29) is 24.0 Å². The van der Waals surface area contributed by atoms with Crippen molar-refractivity contribution in [2.24, 2.45) is 10.9 Å². The summed E-state index contributed by atoms with van der Waals surface area (Å²) in [5.41, 5.74) is 1.19. The molecule has 28 heavy (non-hydrogen) atoms. The van der Waals surface area contributed by atoms with Crippen LogP contribution in [-0.2, 0) is 16.0 Å². The Kier molecular flexibility index (Phi) is 10.3. The molecule has 2 aliphatic heterocycles. The zero-order valence-electron chi connectivity index (χ0n) is 16.9. The average Bonchev–Trinajstić information content (AvgIpc) is 3.26. The normalized spacial score (nSPS) is 21.6. The van der Waals surface area contributed by atoms with Crippen molar-refractivity contribution in [3.05, 3.63) is 29.8 Å². The van der Waals surface area contributed by atoms with Crippen LogP contribution in [0.15, 0.2) is 29.3 Å². The number of hydrogen-bond donors (Lipinski definition) is 2. The monoisotopic (exact) mass is 504 g/mol. The lowest BCUT2D eigenvalue weighted by Crippen LogP contribution is -2.53. The van der Waals surface area contributed by atoms with E-state index >= 15 is 0 Å². The topological polar surface area (TPSA) is 67.4 Å². The molecule has 2 fully saturated rings. The molecule has 2 atom stereocenters. The number of halogens is 1. The molecule has 0 bridgehead atoms. The van der Waals surface area contributed by atoms with Gasteiger partial charge in [0.25, 0.3) is 0 Å². The zero-order valence-corrected chi connectivity index (χ0v) is 19.2. The maximum atomic E-state index is 5.64. The van der Waals surface area contributed by atoms with Crippen LogP contribution in [0.5, 0.6) is 5.75 Å². The molecule has 2 aliphatic rings. The second kappa shape index (κ2) is 12.5. The molecule has 1 aromatic rings. The Morgan fingerprint density at radius 3 is 2.54 bits per heavy atom. The number of aliphatic imine (C=N–C) groups is 1. The van der Waals surface area contributed by atoms with E-state index in [0.717, 1.165) is 70.7 Å². The van der Waals surface area contributed by atoms with Crippen LogP contribution < -0.4 is 15.4 Å². The molecule has 2 N–H and O–H groups in total. The molecule has 2 unspecified atom stereocenters. The quantitative estimate of drug-likeness (QED) is 0.335. The van der Waals surface area contributed by atoms with Crippen molar-refractivity contribution >= 4 is 29.9 Å². The Balaban J connectivity index is 0.00000280. The zero-order chi connectivity index (χ0) is 18.9. The summed E-state index contributed by atoms with van der Waals surface area (Å²) in [7, 11) is 3.49. The Morgan fingerprint density at radius 1 is 1.18 bits per heavy atom. The van der Waals surface area contributed by atoms with Gasteiger partial charge in [0.05, 0.1) is 26.9 Å². The van der Waals surface area contributed by atoms with Gasteiger partial charge >= 0.3 is 0 Å². The van der Waals surface area contributed by atoms with Gasteiger partial charge in [-0.05, 0) is 24.1 Å². The third kappa shape index (κ3) is 6.75. The van der Waals surface area contributed by atoms with Crippen LogP contribution in [0.1, 0.15) is 12.0 Å². The number of morpholine rings is 1. The number of nitrogens with one attached hydrogen (secondary N) is 2. The highest BCUT2D eigenvalue weighted by molar-refractivity contribution is 14.0. The lowest BCUT2D eigenvalue weighted by atomic mass is 9.97. The van der Waals surface area contributed by atoms with Crippen LogP contribution >= 0.6 is 24.0 Å². The van der Waals surface area contributed by atoms with Crippen molar-refractivity contribution in [1.29, 1.82) is 0 Å². The molecule has 8 heteroatoms. The number of nitrogens with zero attached hydrogens (tertiary/aromatic N) is 2. The minimum absolute atomic E-state index is 0. The van der Waals surface area contributed by atoms with E-state index < -0.39 is 0 Å². The summed E-state index contributed by atoms with van der Waals surface area (Å²) in [6, 6.07) is 8.51. The summed E-state index contributed by atoms with van der Waals surface area (Å²) in [5, 5.41) is 6.91. The standard InChI is InChI=1S/C20H32N4O3.HI/c1-21-20(22-13-16-3-5-18(25-2)6-4-16)23-14-19(17-7-10-27-15-17)24-8-11-26-12-9-24;/h3-6,17,19H,7-15H2,1-2H3,(H2,21,22,23);1H. The molecule has 1 aromatic carbocycles. The Bertz CT molecular complexity index is 588. The summed E-state index contributed by atoms with van der Waals surface area (Å²) in [5.74, 6) is 2.26. The van der Waals surface area contributed by atoms with Gasteiger partial charge in [0, 0.05) is 51.8 Å². The van der Waals surface area contributed by atoms with Crippen LogP contribution in [0.25, 0.3) is 0 Å². The summed E-state index contributed by atoms with van der Waals surface area (Å²) in [4.78, 5) is 6.91. The maximum absolute atomic E-state index is 5.64. The predicted molar refractivity (Wildman–Crippen MR) is 122 cm³/mol. The molecular weight excluding hydrogens is 471 g/mol.